The van der Waals surface area contributed by atoms with Crippen LogP contribution in [0.1, 0.15) is 66.2 Å². The van der Waals surface area contributed by atoms with Crippen LogP contribution in [0.25, 0.3) is 0 Å². The smallest absolute Gasteiger partial charge is 0.168 e. The van der Waals surface area contributed by atoms with Crippen LogP contribution >= 0.6 is 0 Å². The van der Waals surface area contributed by atoms with Gasteiger partial charge in [0.2, 0.25) is 0 Å². The highest BCUT2D eigenvalue weighted by Crippen LogP contribution is 2.44. The maximum absolute atomic E-state index is 9.76. The van der Waals surface area contributed by atoms with Crippen molar-refractivity contribution in [2.24, 2.45) is 5.41 Å². The van der Waals surface area contributed by atoms with Gasteiger partial charge in [0.25, 0.3) is 0 Å². The molecule has 3 fully saturated rings. The first-order chi connectivity index (χ1) is 10.7. The van der Waals surface area contributed by atoms with Gasteiger partial charge in [-0.05, 0) is 33.1 Å². The van der Waals surface area contributed by atoms with E-state index in [2.05, 4.69) is 20.8 Å². The van der Waals surface area contributed by atoms with Crippen molar-refractivity contribution >= 4 is 0 Å². The Bertz CT molecular complexity index is 402. The van der Waals surface area contributed by atoms with Crippen LogP contribution in [0.4, 0.5) is 0 Å². The van der Waals surface area contributed by atoms with E-state index in [1.807, 2.05) is 6.92 Å². The highest BCUT2D eigenvalue weighted by atomic mass is 16.7. The minimum Gasteiger partial charge on any atom is -0.390 e. The van der Waals surface area contributed by atoms with E-state index in [4.69, 9.17) is 18.9 Å². The second kappa shape index (κ2) is 6.26. The van der Waals surface area contributed by atoms with Crippen molar-refractivity contribution in [3.8, 4) is 0 Å². The highest BCUT2D eigenvalue weighted by Gasteiger charge is 2.47. The number of hydrogen-bond donors (Lipinski definition) is 1. The van der Waals surface area contributed by atoms with E-state index in [0.29, 0.717) is 0 Å². The van der Waals surface area contributed by atoms with Crippen LogP contribution < -0.4 is 0 Å². The molecule has 1 N–H and O–H groups in total. The Morgan fingerprint density at radius 1 is 0.957 bits per heavy atom. The lowest BCUT2D eigenvalue weighted by atomic mass is 9.81. The van der Waals surface area contributed by atoms with Crippen LogP contribution in [-0.2, 0) is 18.9 Å². The van der Waals surface area contributed by atoms with E-state index in [0.717, 1.165) is 51.7 Å². The van der Waals surface area contributed by atoms with Crippen LogP contribution in [0, 0.1) is 5.41 Å². The quantitative estimate of drug-likeness (QED) is 0.844. The predicted molar refractivity (Wildman–Crippen MR) is 85.9 cm³/mol. The SMILES string of the molecule is C[C@@H]1O[C@@H](OC2(C)CCC3(CC2)OCC(C)(C)CO3)CC[C@@H]1O. The number of ether oxygens (including phenoxy) is 4. The van der Waals surface area contributed by atoms with E-state index in [1.165, 1.54) is 0 Å². The summed E-state index contributed by atoms with van der Waals surface area (Å²) in [5.41, 5.74) is -0.0903. The minimum absolute atomic E-state index is 0.107. The number of rotatable bonds is 2. The molecule has 1 aliphatic carbocycles. The van der Waals surface area contributed by atoms with Gasteiger partial charge in [-0.2, -0.15) is 0 Å². The maximum Gasteiger partial charge on any atom is 0.168 e. The van der Waals surface area contributed by atoms with Crippen LogP contribution in [0.5, 0.6) is 0 Å². The van der Waals surface area contributed by atoms with Gasteiger partial charge in [-0.3, -0.25) is 0 Å². The van der Waals surface area contributed by atoms with Crippen LogP contribution in [0.3, 0.4) is 0 Å². The van der Waals surface area contributed by atoms with Crippen molar-refractivity contribution in [3.63, 3.8) is 0 Å². The summed E-state index contributed by atoms with van der Waals surface area (Å²) in [5.74, 6) is -0.407. The molecule has 0 aromatic rings. The van der Waals surface area contributed by atoms with Crippen LogP contribution in [0.15, 0.2) is 0 Å². The minimum atomic E-state index is -0.407. The molecular weight excluding hydrogens is 296 g/mol. The zero-order valence-corrected chi connectivity index (χ0v) is 15.0. The first kappa shape index (κ1) is 17.6. The van der Waals surface area contributed by atoms with Gasteiger partial charge in [-0.1, -0.05) is 13.8 Å². The van der Waals surface area contributed by atoms with Gasteiger partial charge in [0.1, 0.15) is 0 Å². The summed E-state index contributed by atoms with van der Waals surface area (Å²) in [6.45, 7) is 9.92. The molecule has 0 bridgehead atoms. The number of aliphatic hydroxyl groups is 1. The van der Waals surface area contributed by atoms with Crippen molar-refractivity contribution in [3.05, 3.63) is 0 Å². The fraction of sp³-hybridized carbons (Fsp3) is 1.00. The molecule has 2 heterocycles. The van der Waals surface area contributed by atoms with E-state index in [-0.39, 0.29) is 29.5 Å². The van der Waals surface area contributed by atoms with Gasteiger partial charge < -0.3 is 24.1 Å². The second-order valence-electron chi connectivity index (χ2n) is 8.64. The Balaban J connectivity index is 1.51. The molecule has 2 saturated heterocycles. The molecule has 23 heavy (non-hydrogen) atoms. The number of hydrogen-bond acceptors (Lipinski definition) is 5. The largest absolute Gasteiger partial charge is 0.390 e. The van der Waals surface area contributed by atoms with E-state index in [1.54, 1.807) is 0 Å². The Hall–Kier alpha value is -0.200. The molecule has 1 saturated carbocycles. The molecule has 3 aliphatic rings. The molecule has 2 aliphatic heterocycles. The Morgan fingerprint density at radius 3 is 2.13 bits per heavy atom. The van der Waals surface area contributed by atoms with Crippen molar-refractivity contribution in [2.75, 3.05) is 13.2 Å². The summed E-state index contributed by atoms with van der Waals surface area (Å²) >= 11 is 0. The Kier molecular flexibility index (Phi) is 4.80. The first-order valence-corrected chi connectivity index (χ1v) is 9.00. The molecule has 134 valence electrons. The Labute approximate surface area is 139 Å². The van der Waals surface area contributed by atoms with Gasteiger partial charge in [-0.15, -0.1) is 0 Å². The van der Waals surface area contributed by atoms with Crippen molar-refractivity contribution < 1.29 is 24.1 Å². The van der Waals surface area contributed by atoms with Gasteiger partial charge in [0.05, 0.1) is 31.0 Å². The third-order valence-corrected chi connectivity index (χ3v) is 5.54. The summed E-state index contributed by atoms with van der Waals surface area (Å²) in [6, 6.07) is 0. The van der Waals surface area contributed by atoms with Crippen LogP contribution in [-0.4, -0.2) is 48.2 Å². The van der Waals surface area contributed by atoms with Gasteiger partial charge in [0, 0.05) is 24.7 Å². The van der Waals surface area contributed by atoms with Crippen LogP contribution in [0.2, 0.25) is 0 Å². The topological polar surface area (TPSA) is 57.2 Å². The zero-order valence-electron chi connectivity index (χ0n) is 15.0. The third-order valence-electron chi connectivity index (χ3n) is 5.54. The molecule has 0 aromatic heterocycles. The normalized spacial score (nSPS) is 39.3. The maximum atomic E-state index is 9.76. The zero-order chi connectivity index (χ0) is 16.7. The molecule has 3 atom stereocenters. The molecule has 3 rings (SSSR count). The average molecular weight is 328 g/mol. The van der Waals surface area contributed by atoms with Crippen molar-refractivity contribution in [1.29, 1.82) is 0 Å². The van der Waals surface area contributed by atoms with Crippen molar-refractivity contribution in [2.45, 2.75) is 96.1 Å². The molecule has 0 amide bonds. The molecule has 5 heteroatoms. The lowest BCUT2D eigenvalue weighted by Gasteiger charge is -2.50. The summed E-state index contributed by atoms with van der Waals surface area (Å²) in [5, 5.41) is 9.76. The standard InChI is InChI=1S/C18H32O5/c1-13-14(19)5-6-15(22-13)23-17(4)7-9-18(10-8-17)20-11-16(2,3)12-21-18/h13-15,19H,5-12H2,1-4H3/t13-,14-,15-/m0/s1. The fourth-order valence-corrected chi connectivity index (χ4v) is 3.65. The second-order valence-corrected chi connectivity index (χ2v) is 8.64. The summed E-state index contributed by atoms with van der Waals surface area (Å²) in [6.07, 6.45) is 4.31. The molecule has 0 radical (unpaired) electrons. The lowest BCUT2D eigenvalue weighted by Crippen LogP contribution is -2.53. The fourth-order valence-electron chi connectivity index (χ4n) is 3.65. The highest BCUT2D eigenvalue weighted by molar-refractivity contribution is 4.91. The van der Waals surface area contributed by atoms with Gasteiger partial charge >= 0.3 is 0 Å². The third kappa shape index (κ3) is 4.07. The molecule has 1 spiro atoms. The van der Waals surface area contributed by atoms with E-state index < -0.39 is 5.79 Å². The average Bonchev–Trinajstić information content (AvgIpc) is 2.50. The predicted octanol–water partition coefficient (Wildman–Crippen LogP) is 2.99. The Morgan fingerprint density at radius 2 is 1.57 bits per heavy atom. The molecule has 5 nitrogen and oxygen atoms in total. The molecule has 0 unspecified atom stereocenters. The lowest BCUT2D eigenvalue weighted by molar-refractivity contribution is -0.331. The summed E-state index contributed by atoms with van der Waals surface area (Å²) in [7, 11) is 0. The monoisotopic (exact) mass is 328 g/mol. The van der Waals surface area contributed by atoms with Gasteiger partial charge in [-0.25, -0.2) is 0 Å². The summed E-state index contributed by atoms with van der Waals surface area (Å²) < 4.78 is 24.3. The van der Waals surface area contributed by atoms with E-state index in [9.17, 15) is 5.11 Å². The summed E-state index contributed by atoms with van der Waals surface area (Å²) in [4.78, 5) is 0. The molecule has 0 aromatic carbocycles. The molecular formula is C18H32O5. The first-order valence-electron chi connectivity index (χ1n) is 9.00. The van der Waals surface area contributed by atoms with Gasteiger partial charge in [0.15, 0.2) is 12.1 Å². The van der Waals surface area contributed by atoms with E-state index >= 15 is 0 Å². The van der Waals surface area contributed by atoms with Crippen molar-refractivity contribution in [1.82, 2.24) is 0 Å². The number of aliphatic hydroxyl groups excluding tert-OH is 1.